The molecule has 0 aromatic heterocycles. The molecule has 2 heterocycles. The first-order valence-corrected chi connectivity index (χ1v) is 7.90. The second kappa shape index (κ2) is 5.55. The number of nitrogens with zero attached hydrogens (tertiary/aromatic N) is 1. The second-order valence-electron chi connectivity index (χ2n) is 5.30. The number of hydrogen-bond donors (Lipinski definition) is 1. The molecular formula is C15H20N2OS. The molecule has 1 N–H and O–H groups in total. The van der Waals surface area contributed by atoms with Gasteiger partial charge in [0.15, 0.2) is 0 Å². The predicted octanol–water partition coefficient (Wildman–Crippen LogP) is 2.44. The number of anilines is 1. The highest BCUT2D eigenvalue weighted by molar-refractivity contribution is 8.00. The normalized spacial score (nSPS) is 22.4. The zero-order valence-corrected chi connectivity index (χ0v) is 12.1. The fourth-order valence-corrected chi connectivity index (χ4v) is 4.07. The number of nitrogens with one attached hydrogen (secondary N) is 1. The summed E-state index contributed by atoms with van der Waals surface area (Å²) in [6.45, 7) is 4.77. The number of aryl methyl sites for hydroxylation is 1. The number of thioether (sulfide) groups is 1. The molecule has 1 aromatic rings. The van der Waals surface area contributed by atoms with Crippen LogP contribution in [0.15, 0.2) is 23.1 Å². The van der Waals surface area contributed by atoms with Gasteiger partial charge in [-0.05, 0) is 49.6 Å². The van der Waals surface area contributed by atoms with E-state index in [0.29, 0.717) is 5.25 Å². The van der Waals surface area contributed by atoms with Crippen LogP contribution in [-0.4, -0.2) is 30.8 Å². The minimum atomic E-state index is 0.154. The molecule has 1 saturated heterocycles. The van der Waals surface area contributed by atoms with Gasteiger partial charge in [-0.25, -0.2) is 0 Å². The first kappa shape index (κ1) is 13.0. The molecule has 0 spiro atoms. The molecule has 1 fully saturated rings. The summed E-state index contributed by atoms with van der Waals surface area (Å²) in [7, 11) is 0. The van der Waals surface area contributed by atoms with Crippen LogP contribution in [0, 0.1) is 0 Å². The third-order valence-electron chi connectivity index (χ3n) is 3.87. The SMILES string of the molecule is CC(=O)N1CCCc2cc(SC3CCNC3)ccc21. The Morgan fingerprint density at radius 2 is 2.37 bits per heavy atom. The Morgan fingerprint density at radius 1 is 1.47 bits per heavy atom. The number of carbonyl (C=O) groups excluding carboxylic acids is 1. The van der Waals surface area contributed by atoms with Gasteiger partial charge in [0.25, 0.3) is 0 Å². The quantitative estimate of drug-likeness (QED) is 0.900. The summed E-state index contributed by atoms with van der Waals surface area (Å²) in [5.41, 5.74) is 2.45. The van der Waals surface area contributed by atoms with E-state index in [1.54, 1.807) is 6.92 Å². The van der Waals surface area contributed by atoms with Crippen LogP contribution in [0.1, 0.15) is 25.3 Å². The Bertz CT molecular complexity index is 483. The average Bonchev–Trinajstić information content (AvgIpc) is 2.90. The molecule has 4 heteroatoms. The molecule has 0 saturated carbocycles. The molecule has 19 heavy (non-hydrogen) atoms. The van der Waals surface area contributed by atoms with Gasteiger partial charge in [-0.1, -0.05) is 0 Å². The minimum absolute atomic E-state index is 0.154. The fraction of sp³-hybridized carbons (Fsp3) is 0.533. The number of fused-ring (bicyclic) bond motifs is 1. The van der Waals surface area contributed by atoms with Crippen LogP contribution in [0.4, 0.5) is 5.69 Å². The van der Waals surface area contributed by atoms with Gasteiger partial charge in [0.1, 0.15) is 0 Å². The lowest BCUT2D eigenvalue weighted by Gasteiger charge is -2.29. The Hall–Kier alpha value is -1.00. The van der Waals surface area contributed by atoms with E-state index in [0.717, 1.165) is 38.2 Å². The summed E-state index contributed by atoms with van der Waals surface area (Å²) in [5.74, 6) is 0.154. The maximum absolute atomic E-state index is 11.6. The first-order chi connectivity index (χ1) is 9.24. The maximum Gasteiger partial charge on any atom is 0.223 e. The average molecular weight is 276 g/mol. The molecule has 3 rings (SSSR count). The van der Waals surface area contributed by atoms with Gasteiger partial charge in [0.05, 0.1) is 0 Å². The highest BCUT2D eigenvalue weighted by Gasteiger charge is 2.21. The molecule has 2 aliphatic rings. The van der Waals surface area contributed by atoms with Crippen molar-refractivity contribution in [3.63, 3.8) is 0 Å². The van der Waals surface area contributed by atoms with Crippen molar-refractivity contribution in [3.8, 4) is 0 Å². The van der Waals surface area contributed by atoms with Gasteiger partial charge in [-0.15, -0.1) is 11.8 Å². The van der Waals surface area contributed by atoms with Crippen molar-refractivity contribution in [2.24, 2.45) is 0 Å². The fourth-order valence-electron chi connectivity index (χ4n) is 2.90. The van der Waals surface area contributed by atoms with Crippen LogP contribution in [-0.2, 0) is 11.2 Å². The molecular weight excluding hydrogens is 256 g/mol. The molecule has 0 bridgehead atoms. The third kappa shape index (κ3) is 2.79. The van der Waals surface area contributed by atoms with Crippen LogP contribution in [0.2, 0.25) is 0 Å². The van der Waals surface area contributed by atoms with E-state index in [9.17, 15) is 4.79 Å². The standard InChI is InChI=1S/C15H20N2OS/c1-11(18)17-8-2-3-12-9-13(4-5-15(12)17)19-14-6-7-16-10-14/h4-5,9,14,16H,2-3,6-8,10H2,1H3. The van der Waals surface area contributed by atoms with E-state index >= 15 is 0 Å². The highest BCUT2D eigenvalue weighted by Crippen LogP contribution is 2.34. The van der Waals surface area contributed by atoms with E-state index in [2.05, 4.69) is 23.5 Å². The molecule has 102 valence electrons. The lowest BCUT2D eigenvalue weighted by Crippen LogP contribution is -2.33. The van der Waals surface area contributed by atoms with Gasteiger partial charge < -0.3 is 10.2 Å². The van der Waals surface area contributed by atoms with E-state index in [4.69, 9.17) is 0 Å². The number of amides is 1. The highest BCUT2D eigenvalue weighted by atomic mass is 32.2. The lowest BCUT2D eigenvalue weighted by molar-refractivity contribution is -0.116. The number of carbonyl (C=O) groups is 1. The van der Waals surface area contributed by atoms with Gasteiger partial charge in [-0.3, -0.25) is 4.79 Å². The van der Waals surface area contributed by atoms with Crippen molar-refractivity contribution >= 4 is 23.4 Å². The van der Waals surface area contributed by atoms with Crippen LogP contribution >= 0.6 is 11.8 Å². The van der Waals surface area contributed by atoms with E-state index in [-0.39, 0.29) is 5.91 Å². The van der Waals surface area contributed by atoms with Gasteiger partial charge >= 0.3 is 0 Å². The maximum atomic E-state index is 11.6. The summed E-state index contributed by atoms with van der Waals surface area (Å²) < 4.78 is 0. The summed E-state index contributed by atoms with van der Waals surface area (Å²) in [6.07, 6.45) is 3.42. The van der Waals surface area contributed by atoms with Crippen molar-refractivity contribution in [1.82, 2.24) is 5.32 Å². The Morgan fingerprint density at radius 3 is 3.11 bits per heavy atom. The zero-order chi connectivity index (χ0) is 13.2. The summed E-state index contributed by atoms with van der Waals surface area (Å²) in [4.78, 5) is 14.9. The van der Waals surface area contributed by atoms with Gasteiger partial charge in [-0.2, -0.15) is 0 Å². The molecule has 3 nitrogen and oxygen atoms in total. The van der Waals surface area contributed by atoms with Crippen molar-refractivity contribution in [2.45, 2.75) is 36.3 Å². The minimum Gasteiger partial charge on any atom is -0.316 e. The topological polar surface area (TPSA) is 32.3 Å². The smallest absolute Gasteiger partial charge is 0.223 e. The van der Waals surface area contributed by atoms with Crippen LogP contribution < -0.4 is 10.2 Å². The van der Waals surface area contributed by atoms with Crippen LogP contribution in [0.25, 0.3) is 0 Å². The Labute approximate surface area is 118 Å². The zero-order valence-electron chi connectivity index (χ0n) is 11.3. The van der Waals surface area contributed by atoms with Gasteiger partial charge in [0.2, 0.25) is 5.91 Å². The van der Waals surface area contributed by atoms with Crippen LogP contribution in [0.5, 0.6) is 0 Å². The Balaban J connectivity index is 1.80. The number of benzene rings is 1. The van der Waals surface area contributed by atoms with E-state index in [1.165, 1.54) is 16.9 Å². The predicted molar refractivity (Wildman–Crippen MR) is 79.9 cm³/mol. The molecule has 2 aliphatic heterocycles. The van der Waals surface area contributed by atoms with E-state index < -0.39 is 0 Å². The van der Waals surface area contributed by atoms with Crippen LogP contribution in [0.3, 0.4) is 0 Å². The molecule has 1 amide bonds. The number of rotatable bonds is 2. The van der Waals surface area contributed by atoms with Crippen molar-refractivity contribution in [2.75, 3.05) is 24.5 Å². The molecule has 0 radical (unpaired) electrons. The second-order valence-corrected chi connectivity index (χ2v) is 6.67. The molecule has 1 aromatic carbocycles. The first-order valence-electron chi connectivity index (χ1n) is 7.02. The van der Waals surface area contributed by atoms with Gasteiger partial charge in [0, 0.05) is 35.8 Å². The summed E-state index contributed by atoms with van der Waals surface area (Å²) in [5, 5.41) is 4.10. The molecule has 1 atom stereocenters. The molecule has 1 unspecified atom stereocenters. The lowest BCUT2D eigenvalue weighted by atomic mass is 10.0. The largest absolute Gasteiger partial charge is 0.316 e. The van der Waals surface area contributed by atoms with Crippen molar-refractivity contribution in [3.05, 3.63) is 23.8 Å². The Kier molecular flexibility index (Phi) is 3.80. The van der Waals surface area contributed by atoms with Crippen molar-refractivity contribution < 1.29 is 4.79 Å². The van der Waals surface area contributed by atoms with Crippen molar-refractivity contribution in [1.29, 1.82) is 0 Å². The monoisotopic (exact) mass is 276 g/mol. The third-order valence-corrected chi connectivity index (χ3v) is 5.13. The number of hydrogen-bond acceptors (Lipinski definition) is 3. The summed E-state index contributed by atoms with van der Waals surface area (Å²) >= 11 is 1.97. The van der Waals surface area contributed by atoms with E-state index in [1.807, 2.05) is 16.7 Å². The summed E-state index contributed by atoms with van der Waals surface area (Å²) in [6, 6.07) is 6.58. The molecule has 0 aliphatic carbocycles.